The van der Waals surface area contributed by atoms with Crippen molar-refractivity contribution in [2.45, 2.75) is 25.4 Å². The maximum absolute atomic E-state index is 14.2. The van der Waals surface area contributed by atoms with Crippen LogP contribution in [0.15, 0.2) is 42.7 Å². The van der Waals surface area contributed by atoms with Gasteiger partial charge in [-0.1, -0.05) is 12.1 Å². The molecule has 29 heavy (non-hydrogen) atoms. The second-order valence-corrected chi connectivity index (χ2v) is 7.84. The average Bonchev–Trinajstić information content (AvgIpc) is 3.23. The monoisotopic (exact) mass is 399 g/mol. The van der Waals surface area contributed by atoms with Gasteiger partial charge in [0.25, 0.3) is 0 Å². The van der Waals surface area contributed by atoms with Crippen LogP contribution in [-0.4, -0.2) is 50.3 Å². The fourth-order valence-corrected chi connectivity index (χ4v) is 4.19. The van der Waals surface area contributed by atoms with E-state index in [0.717, 1.165) is 30.8 Å². The number of carbonyl (C=O) groups is 1. The summed E-state index contributed by atoms with van der Waals surface area (Å²) in [5.74, 6) is 0.373. The molecule has 1 N–H and O–H groups in total. The predicted octanol–water partition coefficient (Wildman–Crippen LogP) is 2.57. The smallest absolute Gasteiger partial charge is 0.230 e. The first kappa shape index (κ1) is 19.6. The van der Waals surface area contributed by atoms with E-state index in [1.807, 2.05) is 29.2 Å². The van der Waals surface area contributed by atoms with Gasteiger partial charge in [0.15, 0.2) is 5.82 Å². The topological polar surface area (TPSA) is 63.7 Å². The van der Waals surface area contributed by atoms with E-state index in [-0.39, 0.29) is 17.8 Å². The van der Waals surface area contributed by atoms with Crippen molar-refractivity contribution in [2.24, 2.45) is 5.41 Å². The van der Waals surface area contributed by atoms with Crippen LogP contribution < -0.4 is 15.0 Å². The lowest BCUT2D eigenvalue weighted by Gasteiger charge is -2.50. The van der Waals surface area contributed by atoms with Gasteiger partial charge in [0.1, 0.15) is 5.75 Å². The van der Waals surface area contributed by atoms with Crippen LogP contribution in [0, 0.1) is 11.2 Å². The molecule has 2 saturated heterocycles. The quantitative estimate of drug-likeness (QED) is 0.775. The number of rotatable bonds is 7. The van der Waals surface area contributed by atoms with Gasteiger partial charge in [0.2, 0.25) is 5.91 Å². The van der Waals surface area contributed by atoms with E-state index in [9.17, 15) is 9.18 Å². The SMILES string of the molecule is COc1cccc(CC2(C(=O)NCC3CCCO3)CN(c3ccncc3F)C2)c1. The van der Waals surface area contributed by atoms with Gasteiger partial charge in [-0.25, -0.2) is 4.39 Å². The molecule has 2 aliphatic heterocycles. The number of ether oxygens (including phenoxy) is 2. The van der Waals surface area contributed by atoms with Gasteiger partial charge in [-0.2, -0.15) is 0 Å². The van der Waals surface area contributed by atoms with E-state index < -0.39 is 5.41 Å². The van der Waals surface area contributed by atoms with Gasteiger partial charge in [0, 0.05) is 32.4 Å². The van der Waals surface area contributed by atoms with Crippen molar-refractivity contribution in [1.29, 1.82) is 0 Å². The highest BCUT2D eigenvalue weighted by atomic mass is 19.1. The van der Waals surface area contributed by atoms with Gasteiger partial charge in [-0.15, -0.1) is 0 Å². The predicted molar refractivity (Wildman–Crippen MR) is 108 cm³/mol. The summed E-state index contributed by atoms with van der Waals surface area (Å²) in [4.78, 5) is 18.9. The normalized spacial score (nSPS) is 20.2. The van der Waals surface area contributed by atoms with Crippen LogP contribution >= 0.6 is 0 Å². The third-order valence-electron chi connectivity index (χ3n) is 5.75. The molecule has 2 aromatic rings. The molecule has 4 rings (SSSR count). The zero-order valence-electron chi connectivity index (χ0n) is 16.6. The highest BCUT2D eigenvalue weighted by molar-refractivity contribution is 5.86. The molecule has 1 aromatic heterocycles. The molecule has 0 radical (unpaired) electrons. The summed E-state index contributed by atoms with van der Waals surface area (Å²) in [6.45, 7) is 2.16. The maximum atomic E-state index is 14.2. The van der Waals surface area contributed by atoms with Crippen LogP contribution in [0.5, 0.6) is 5.75 Å². The molecule has 6 nitrogen and oxygen atoms in total. The molecule has 1 amide bonds. The Labute approximate surface area is 170 Å². The number of anilines is 1. The summed E-state index contributed by atoms with van der Waals surface area (Å²) in [6, 6.07) is 9.39. The van der Waals surface area contributed by atoms with Gasteiger partial charge in [0.05, 0.1) is 30.5 Å². The highest BCUT2D eigenvalue weighted by Crippen LogP contribution is 2.39. The van der Waals surface area contributed by atoms with Crippen molar-refractivity contribution in [2.75, 3.05) is 38.3 Å². The second kappa shape index (κ2) is 8.37. The molecule has 154 valence electrons. The number of pyridine rings is 1. The Morgan fingerprint density at radius 2 is 2.28 bits per heavy atom. The number of halogens is 1. The molecule has 0 bridgehead atoms. The van der Waals surface area contributed by atoms with E-state index in [2.05, 4.69) is 10.3 Å². The number of nitrogens with zero attached hydrogens (tertiary/aromatic N) is 2. The Bertz CT molecular complexity index is 864. The van der Waals surface area contributed by atoms with Crippen molar-refractivity contribution >= 4 is 11.6 Å². The molecule has 0 aliphatic carbocycles. The molecule has 0 spiro atoms. The first-order valence-electron chi connectivity index (χ1n) is 9.97. The third kappa shape index (κ3) is 4.19. The van der Waals surface area contributed by atoms with E-state index in [1.54, 1.807) is 19.4 Å². The first-order chi connectivity index (χ1) is 14.1. The van der Waals surface area contributed by atoms with E-state index in [4.69, 9.17) is 9.47 Å². The first-order valence-corrected chi connectivity index (χ1v) is 9.97. The summed E-state index contributed by atoms with van der Waals surface area (Å²) in [6.07, 6.45) is 5.42. The fourth-order valence-electron chi connectivity index (χ4n) is 4.19. The van der Waals surface area contributed by atoms with E-state index >= 15 is 0 Å². The Morgan fingerprint density at radius 1 is 1.41 bits per heavy atom. The molecular formula is C22H26FN3O3. The van der Waals surface area contributed by atoms with Gasteiger partial charge in [-0.05, 0) is 43.0 Å². The molecule has 2 fully saturated rings. The Balaban J connectivity index is 1.51. The summed E-state index contributed by atoms with van der Waals surface area (Å²) >= 11 is 0. The van der Waals surface area contributed by atoms with E-state index in [1.165, 1.54) is 6.20 Å². The number of benzene rings is 1. The lowest BCUT2D eigenvalue weighted by Crippen LogP contribution is -2.65. The van der Waals surface area contributed by atoms with Crippen molar-refractivity contribution in [3.63, 3.8) is 0 Å². The van der Waals surface area contributed by atoms with Crippen molar-refractivity contribution < 1.29 is 18.7 Å². The van der Waals surface area contributed by atoms with Crippen molar-refractivity contribution in [1.82, 2.24) is 10.3 Å². The van der Waals surface area contributed by atoms with Crippen LogP contribution in [0.4, 0.5) is 10.1 Å². The van der Waals surface area contributed by atoms with Crippen LogP contribution in [-0.2, 0) is 16.0 Å². The number of hydrogen-bond acceptors (Lipinski definition) is 5. The molecular weight excluding hydrogens is 373 g/mol. The Morgan fingerprint density at radius 3 is 3.00 bits per heavy atom. The molecule has 3 heterocycles. The van der Waals surface area contributed by atoms with E-state index in [0.29, 0.717) is 31.7 Å². The van der Waals surface area contributed by atoms with Crippen LogP contribution in [0.1, 0.15) is 18.4 Å². The molecule has 1 aromatic carbocycles. The molecule has 2 aliphatic rings. The maximum Gasteiger partial charge on any atom is 0.230 e. The lowest BCUT2D eigenvalue weighted by molar-refractivity contribution is -0.133. The minimum Gasteiger partial charge on any atom is -0.497 e. The number of carbonyl (C=O) groups excluding carboxylic acids is 1. The number of methoxy groups -OCH3 is 1. The fraction of sp³-hybridized carbons (Fsp3) is 0.455. The summed E-state index contributed by atoms with van der Waals surface area (Å²) in [5, 5.41) is 3.07. The standard InChI is InChI=1S/C22H26FN3O3/c1-28-17-5-2-4-16(10-17)11-22(21(27)25-12-18-6-3-9-29-18)14-26(15-22)20-7-8-24-13-19(20)23/h2,4-5,7-8,10,13,18H,3,6,9,11-12,14-15H2,1H3,(H,25,27). The van der Waals surface area contributed by atoms with Crippen molar-refractivity contribution in [3.8, 4) is 5.75 Å². The van der Waals surface area contributed by atoms with Gasteiger partial charge >= 0.3 is 0 Å². The number of aromatic nitrogens is 1. The number of nitrogens with one attached hydrogen (secondary N) is 1. The van der Waals surface area contributed by atoms with Crippen LogP contribution in [0.2, 0.25) is 0 Å². The number of amides is 1. The van der Waals surface area contributed by atoms with Gasteiger partial charge < -0.3 is 19.7 Å². The summed E-state index contributed by atoms with van der Waals surface area (Å²) in [5.41, 5.74) is 0.875. The minimum atomic E-state index is -0.624. The molecule has 1 atom stereocenters. The average molecular weight is 399 g/mol. The Hall–Kier alpha value is -2.67. The summed E-state index contributed by atoms with van der Waals surface area (Å²) < 4.78 is 25.1. The van der Waals surface area contributed by atoms with Crippen molar-refractivity contribution in [3.05, 3.63) is 54.1 Å². The van der Waals surface area contributed by atoms with Gasteiger partial charge in [-0.3, -0.25) is 9.78 Å². The lowest BCUT2D eigenvalue weighted by atomic mass is 9.73. The number of hydrogen-bond donors (Lipinski definition) is 1. The zero-order chi connectivity index (χ0) is 20.3. The highest BCUT2D eigenvalue weighted by Gasteiger charge is 2.49. The van der Waals surface area contributed by atoms with Crippen LogP contribution in [0.25, 0.3) is 0 Å². The molecule has 0 saturated carbocycles. The molecule has 7 heteroatoms. The third-order valence-corrected chi connectivity index (χ3v) is 5.75. The zero-order valence-corrected chi connectivity index (χ0v) is 16.6. The largest absolute Gasteiger partial charge is 0.497 e. The summed E-state index contributed by atoms with van der Waals surface area (Å²) in [7, 11) is 1.63. The second-order valence-electron chi connectivity index (χ2n) is 7.84. The molecule has 1 unspecified atom stereocenters. The Kier molecular flexibility index (Phi) is 5.67. The van der Waals surface area contributed by atoms with Crippen LogP contribution in [0.3, 0.4) is 0 Å². The minimum absolute atomic E-state index is 0.0125.